The minimum atomic E-state index is -0.144. The van der Waals surface area contributed by atoms with Crippen molar-refractivity contribution in [2.24, 2.45) is 0 Å². The van der Waals surface area contributed by atoms with Gasteiger partial charge in [0, 0.05) is 37.6 Å². The number of benzene rings is 1. The van der Waals surface area contributed by atoms with Gasteiger partial charge in [0.2, 0.25) is 5.91 Å². The van der Waals surface area contributed by atoms with Crippen molar-refractivity contribution >= 4 is 23.5 Å². The van der Waals surface area contributed by atoms with Gasteiger partial charge in [0.25, 0.3) is 0 Å². The van der Waals surface area contributed by atoms with Crippen LogP contribution >= 0.6 is 11.6 Å². The highest BCUT2D eigenvalue weighted by Gasteiger charge is 2.17. The number of carbonyl (C=O) groups excluding carboxylic acids is 2. The highest BCUT2D eigenvalue weighted by atomic mass is 35.5. The quantitative estimate of drug-likeness (QED) is 0.872. The molecule has 1 aliphatic rings. The third-order valence-electron chi connectivity index (χ3n) is 3.27. The van der Waals surface area contributed by atoms with Crippen molar-refractivity contribution in [1.29, 1.82) is 0 Å². The van der Waals surface area contributed by atoms with Crippen LogP contribution in [0.5, 0.6) is 0 Å². The maximum Gasteiger partial charge on any atom is 0.317 e. The van der Waals surface area contributed by atoms with Gasteiger partial charge in [-0.1, -0.05) is 23.7 Å². The molecule has 1 aliphatic heterocycles. The molecular weight excluding hydrogens is 278 g/mol. The van der Waals surface area contributed by atoms with Crippen molar-refractivity contribution < 1.29 is 9.59 Å². The Balaban J connectivity index is 1.88. The van der Waals surface area contributed by atoms with Gasteiger partial charge in [-0.25, -0.2) is 4.79 Å². The van der Waals surface area contributed by atoms with Crippen LogP contribution < -0.4 is 10.6 Å². The zero-order chi connectivity index (χ0) is 14.5. The number of amides is 3. The predicted molar refractivity (Wildman–Crippen MR) is 77.6 cm³/mol. The van der Waals surface area contributed by atoms with Crippen LogP contribution in [0.15, 0.2) is 18.2 Å². The van der Waals surface area contributed by atoms with Gasteiger partial charge in [-0.3, -0.25) is 4.79 Å². The van der Waals surface area contributed by atoms with Crippen LogP contribution in [0, 0.1) is 6.92 Å². The number of urea groups is 1. The summed E-state index contributed by atoms with van der Waals surface area (Å²) in [5.41, 5.74) is 1.99. The SMILES string of the molecule is Cc1cc(CNC(=O)N2CCNC(=O)CC2)ccc1Cl. The first-order valence-electron chi connectivity index (χ1n) is 6.61. The standard InChI is InChI=1S/C14H18ClN3O2/c1-10-8-11(2-3-12(10)15)9-17-14(20)18-6-4-13(19)16-5-7-18/h2-3,8H,4-7,9H2,1H3,(H,16,19)(H,17,20). The van der Waals surface area contributed by atoms with E-state index >= 15 is 0 Å². The van der Waals surface area contributed by atoms with Crippen LogP contribution in [0.4, 0.5) is 4.79 Å². The zero-order valence-corrected chi connectivity index (χ0v) is 12.2. The van der Waals surface area contributed by atoms with E-state index in [0.717, 1.165) is 16.1 Å². The van der Waals surface area contributed by atoms with Crippen LogP contribution in [0.1, 0.15) is 17.5 Å². The maximum atomic E-state index is 12.0. The van der Waals surface area contributed by atoms with Crippen LogP contribution in [-0.2, 0) is 11.3 Å². The molecule has 1 fully saturated rings. The lowest BCUT2D eigenvalue weighted by atomic mass is 10.1. The maximum absolute atomic E-state index is 12.0. The number of nitrogens with one attached hydrogen (secondary N) is 2. The summed E-state index contributed by atoms with van der Waals surface area (Å²) in [6.45, 7) is 3.88. The summed E-state index contributed by atoms with van der Waals surface area (Å²) in [5, 5.41) is 6.32. The van der Waals surface area contributed by atoms with Gasteiger partial charge in [-0.05, 0) is 24.1 Å². The lowest BCUT2D eigenvalue weighted by Gasteiger charge is -2.20. The van der Waals surface area contributed by atoms with Crippen molar-refractivity contribution in [2.45, 2.75) is 19.9 Å². The van der Waals surface area contributed by atoms with E-state index in [2.05, 4.69) is 10.6 Å². The lowest BCUT2D eigenvalue weighted by Crippen LogP contribution is -2.41. The van der Waals surface area contributed by atoms with Gasteiger partial charge in [-0.15, -0.1) is 0 Å². The molecule has 0 radical (unpaired) electrons. The summed E-state index contributed by atoms with van der Waals surface area (Å²) < 4.78 is 0. The van der Waals surface area contributed by atoms with Crippen molar-refractivity contribution in [3.05, 3.63) is 34.3 Å². The lowest BCUT2D eigenvalue weighted by molar-refractivity contribution is -0.120. The number of nitrogens with zero attached hydrogens (tertiary/aromatic N) is 1. The Hall–Kier alpha value is -1.75. The Morgan fingerprint density at radius 1 is 1.45 bits per heavy atom. The van der Waals surface area contributed by atoms with E-state index in [-0.39, 0.29) is 11.9 Å². The zero-order valence-electron chi connectivity index (χ0n) is 11.4. The molecule has 1 aromatic carbocycles. The van der Waals surface area contributed by atoms with Crippen LogP contribution in [0.3, 0.4) is 0 Å². The Morgan fingerprint density at radius 2 is 2.25 bits per heavy atom. The fourth-order valence-electron chi connectivity index (χ4n) is 2.08. The number of halogens is 1. The van der Waals surface area contributed by atoms with E-state index in [1.165, 1.54) is 0 Å². The highest BCUT2D eigenvalue weighted by molar-refractivity contribution is 6.31. The fourth-order valence-corrected chi connectivity index (χ4v) is 2.19. The average Bonchev–Trinajstić information content (AvgIpc) is 2.64. The Bertz CT molecular complexity index is 519. The van der Waals surface area contributed by atoms with E-state index in [9.17, 15) is 9.59 Å². The second-order valence-corrected chi connectivity index (χ2v) is 5.24. The average molecular weight is 296 g/mol. The van der Waals surface area contributed by atoms with E-state index in [4.69, 9.17) is 11.6 Å². The Labute approximate surface area is 123 Å². The van der Waals surface area contributed by atoms with Gasteiger partial charge in [0.1, 0.15) is 0 Å². The van der Waals surface area contributed by atoms with E-state index < -0.39 is 0 Å². The van der Waals surface area contributed by atoms with Gasteiger partial charge in [0.15, 0.2) is 0 Å². The molecular formula is C14H18ClN3O2. The molecule has 1 saturated heterocycles. The molecule has 0 saturated carbocycles. The second-order valence-electron chi connectivity index (χ2n) is 4.83. The molecule has 108 valence electrons. The van der Waals surface area contributed by atoms with E-state index in [1.807, 2.05) is 25.1 Å². The highest BCUT2D eigenvalue weighted by Crippen LogP contribution is 2.16. The van der Waals surface area contributed by atoms with Gasteiger partial charge < -0.3 is 15.5 Å². The normalized spacial score (nSPS) is 15.5. The third-order valence-corrected chi connectivity index (χ3v) is 3.69. The molecule has 0 bridgehead atoms. The topological polar surface area (TPSA) is 61.4 Å². The summed E-state index contributed by atoms with van der Waals surface area (Å²) in [7, 11) is 0. The van der Waals surface area contributed by atoms with Gasteiger partial charge in [-0.2, -0.15) is 0 Å². The number of carbonyl (C=O) groups is 2. The molecule has 0 unspecified atom stereocenters. The molecule has 20 heavy (non-hydrogen) atoms. The van der Waals surface area contributed by atoms with Crippen molar-refractivity contribution in [1.82, 2.24) is 15.5 Å². The van der Waals surface area contributed by atoms with E-state index in [0.29, 0.717) is 32.6 Å². The number of aryl methyl sites for hydroxylation is 1. The molecule has 0 aromatic heterocycles. The monoisotopic (exact) mass is 295 g/mol. The predicted octanol–water partition coefficient (Wildman–Crippen LogP) is 1.68. The van der Waals surface area contributed by atoms with E-state index in [1.54, 1.807) is 4.90 Å². The second kappa shape index (κ2) is 6.61. The first-order valence-corrected chi connectivity index (χ1v) is 6.98. The largest absolute Gasteiger partial charge is 0.354 e. The smallest absolute Gasteiger partial charge is 0.317 e. The molecule has 0 aliphatic carbocycles. The Kier molecular flexibility index (Phi) is 4.84. The number of hydrogen-bond acceptors (Lipinski definition) is 2. The molecule has 5 nitrogen and oxygen atoms in total. The third kappa shape index (κ3) is 3.87. The molecule has 0 atom stereocenters. The van der Waals surface area contributed by atoms with Crippen LogP contribution in [0.2, 0.25) is 5.02 Å². The molecule has 1 aromatic rings. The molecule has 0 spiro atoms. The molecule has 3 amide bonds. The summed E-state index contributed by atoms with van der Waals surface area (Å²) in [6.07, 6.45) is 0.355. The molecule has 6 heteroatoms. The van der Waals surface area contributed by atoms with Crippen molar-refractivity contribution in [3.8, 4) is 0 Å². The summed E-state index contributed by atoms with van der Waals surface area (Å²) in [4.78, 5) is 24.9. The number of hydrogen-bond donors (Lipinski definition) is 2. The molecule has 2 rings (SSSR count). The number of rotatable bonds is 2. The minimum Gasteiger partial charge on any atom is -0.354 e. The first-order chi connectivity index (χ1) is 9.56. The van der Waals surface area contributed by atoms with Crippen LogP contribution in [-0.4, -0.2) is 36.5 Å². The first kappa shape index (κ1) is 14.7. The summed E-state index contributed by atoms with van der Waals surface area (Å²) in [6, 6.07) is 5.53. The van der Waals surface area contributed by atoms with Gasteiger partial charge in [0.05, 0.1) is 0 Å². The van der Waals surface area contributed by atoms with Crippen molar-refractivity contribution in [2.75, 3.05) is 19.6 Å². The van der Waals surface area contributed by atoms with Crippen molar-refractivity contribution in [3.63, 3.8) is 0 Å². The van der Waals surface area contributed by atoms with Crippen LogP contribution in [0.25, 0.3) is 0 Å². The Morgan fingerprint density at radius 3 is 3.00 bits per heavy atom. The summed E-state index contributed by atoms with van der Waals surface area (Å²) >= 11 is 5.96. The fraction of sp³-hybridized carbons (Fsp3) is 0.429. The minimum absolute atomic E-state index is 0.00590. The molecule has 1 heterocycles. The molecule has 2 N–H and O–H groups in total. The van der Waals surface area contributed by atoms with Gasteiger partial charge >= 0.3 is 6.03 Å². The summed E-state index contributed by atoms with van der Waals surface area (Å²) in [5.74, 6) is -0.00590.